The van der Waals surface area contributed by atoms with Gasteiger partial charge in [-0.25, -0.2) is 0 Å². The standard InChI is InChI=1S/C22H19BrN2O2/c23-18-12-7-13-19(14-18)25-22(27)21(26)24-15-20(16-8-3-1-4-9-16)17-10-5-2-6-11-17/h1-14,20H,15H2,(H,24,26)(H,25,27). The number of hydrogen-bond donors (Lipinski definition) is 2. The van der Waals surface area contributed by atoms with Gasteiger partial charge in [0.15, 0.2) is 0 Å². The third kappa shape index (κ3) is 5.28. The molecule has 0 saturated carbocycles. The summed E-state index contributed by atoms with van der Waals surface area (Å²) in [5, 5.41) is 5.36. The van der Waals surface area contributed by atoms with Gasteiger partial charge >= 0.3 is 11.8 Å². The number of hydrogen-bond acceptors (Lipinski definition) is 2. The molecule has 0 aliphatic carbocycles. The Morgan fingerprint density at radius 2 is 1.37 bits per heavy atom. The average Bonchev–Trinajstić information content (AvgIpc) is 2.69. The first kappa shape index (κ1) is 18.9. The van der Waals surface area contributed by atoms with E-state index >= 15 is 0 Å². The van der Waals surface area contributed by atoms with E-state index < -0.39 is 11.8 Å². The number of anilines is 1. The Morgan fingerprint density at radius 3 is 1.93 bits per heavy atom. The van der Waals surface area contributed by atoms with Gasteiger partial charge in [-0.3, -0.25) is 9.59 Å². The van der Waals surface area contributed by atoms with Crippen LogP contribution in [0.1, 0.15) is 17.0 Å². The van der Waals surface area contributed by atoms with Crippen LogP contribution in [0.3, 0.4) is 0 Å². The van der Waals surface area contributed by atoms with E-state index in [0.717, 1.165) is 15.6 Å². The van der Waals surface area contributed by atoms with Crippen molar-refractivity contribution in [2.24, 2.45) is 0 Å². The number of nitrogens with one attached hydrogen (secondary N) is 2. The van der Waals surface area contributed by atoms with Crippen LogP contribution in [-0.4, -0.2) is 18.4 Å². The maximum atomic E-state index is 12.3. The molecule has 0 aliphatic rings. The zero-order chi connectivity index (χ0) is 19.1. The van der Waals surface area contributed by atoms with Crippen molar-refractivity contribution >= 4 is 33.4 Å². The number of amides is 2. The third-order valence-corrected chi connectivity index (χ3v) is 4.65. The summed E-state index contributed by atoms with van der Waals surface area (Å²) in [5.41, 5.74) is 2.72. The zero-order valence-electron chi connectivity index (χ0n) is 14.6. The molecule has 27 heavy (non-hydrogen) atoms. The molecule has 0 unspecified atom stereocenters. The Labute approximate surface area is 166 Å². The van der Waals surface area contributed by atoms with Crippen LogP contribution in [0.25, 0.3) is 0 Å². The van der Waals surface area contributed by atoms with Crippen molar-refractivity contribution in [2.75, 3.05) is 11.9 Å². The molecule has 0 radical (unpaired) electrons. The molecule has 3 rings (SSSR count). The van der Waals surface area contributed by atoms with Crippen molar-refractivity contribution < 1.29 is 9.59 Å². The van der Waals surface area contributed by atoms with E-state index in [-0.39, 0.29) is 5.92 Å². The maximum Gasteiger partial charge on any atom is 0.313 e. The first-order valence-corrected chi connectivity index (χ1v) is 9.37. The molecule has 4 nitrogen and oxygen atoms in total. The number of rotatable bonds is 5. The van der Waals surface area contributed by atoms with Crippen molar-refractivity contribution in [3.8, 4) is 0 Å². The van der Waals surface area contributed by atoms with Crippen molar-refractivity contribution in [1.29, 1.82) is 0 Å². The highest BCUT2D eigenvalue weighted by atomic mass is 79.9. The summed E-state index contributed by atoms with van der Waals surface area (Å²) in [5.74, 6) is -1.38. The summed E-state index contributed by atoms with van der Waals surface area (Å²) in [6.45, 7) is 0.332. The number of benzene rings is 3. The lowest BCUT2D eigenvalue weighted by molar-refractivity contribution is -0.136. The Kier molecular flexibility index (Phi) is 6.39. The molecule has 0 saturated heterocycles. The highest BCUT2D eigenvalue weighted by Gasteiger charge is 2.18. The lowest BCUT2D eigenvalue weighted by Crippen LogP contribution is -2.37. The second kappa shape index (κ2) is 9.14. The summed E-state index contributed by atoms with van der Waals surface area (Å²) in [7, 11) is 0. The van der Waals surface area contributed by atoms with Gasteiger partial charge in [0.2, 0.25) is 0 Å². The molecule has 3 aromatic carbocycles. The van der Waals surface area contributed by atoms with Gasteiger partial charge in [-0.05, 0) is 29.3 Å². The van der Waals surface area contributed by atoms with Gasteiger partial charge in [-0.1, -0.05) is 82.7 Å². The normalized spacial score (nSPS) is 10.4. The molecule has 3 aromatic rings. The van der Waals surface area contributed by atoms with E-state index in [0.29, 0.717) is 12.2 Å². The SMILES string of the molecule is O=C(NCC(c1ccccc1)c1ccccc1)C(=O)Nc1cccc(Br)c1. The second-order valence-corrected chi connectivity index (χ2v) is 6.96. The summed E-state index contributed by atoms with van der Waals surface area (Å²) in [6, 6.07) is 27.0. The van der Waals surface area contributed by atoms with Crippen LogP contribution in [0.15, 0.2) is 89.4 Å². The molecule has 0 bridgehead atoms. The molecule has 0 aromatic heterocycles. The summed E-state index contributed by atoms with van der Waals surface area (Å²) >= 11 is 3.34. The topological polar surface area (TPSA) is 58.2 Å². The molecule has 0 aliphatic heterocycles. The Balaban J connectivity index is 1.68. The highest BCUT2D eigenvalue weighted by molar-refractivity contribution is 9.10. The summed E-state index contributed by atoms with van der Waals surface area (Å²) < 4.78 is 0.828. The minimum atomic E-state index is -0.687. The predicted octanol–water partition coefficient (Wildman–Crippen LogP) is 4.34. The van der Waals surface area contributed by atoms with Gasteiger partial charge in [0.1, 0.15) is 0 Å². The Morgan fingerprint density at radius 1 is 0.778 bits per heavy atom. The lowest BCUT2D eigenvalue weighted by Gasteiger charge is -2.18. The van der Waals surface area contributed by atoms with Crippen molar-refractivity contribution in [2.45, 2.75) is 5.92 Å². The van der Waals surface area contributed by atoms with E-state index in [1.807, 2.05) is 66.7 Å². The lowest BCUT2D eigenvalue weighted by atomic mass is 9.91. The van der Waals surface area contributed by atoms with Crippen LogP contribution in [0.2, 0.25) is 0 Å². The minimum Gasteiger partial charge on any atom is -0.347 e. The summed E-state index contributed by atoms with van der Waals surface area (Å²) in [6.07, 6.45) is 0. The molecule has 5 heteroatoms. The molecule has 0 spiro atoms. The number of carbonyl (C=O) groups excluding carboxylic acids is 2. The number of carbonyl (C=O) groups is 2. The molecule has 2 N–H and O–H groups in total. The molecule has 0 heterocycles. The third-order valence-electron chi connectivity index (χ3n) is 4.16. The van der Waals surface area contributed by atoms with Gasteiger partial charge in [-0.2, -0.15) is 0 Å². The second-order valence-electron chi connectivity index (χ2n) is 6.05. The van der Waals surface area contributed by atoms with Crippen LogP contribution >= 0.6 is 15.9 Å². The first-order valence-electron chi connectivity index (χ1n) is 8.58. The molecule has 0 fully saturated rings. The van der Waals surface area contributed by atoms with E-state index in [1.165, 1.54) is 0 Å². The Hall–Kier alpha value is -2.92. The minimum absolute atomic E-state index is 0.0324. The van der Waals surface area contributed by atoms with E-state index in [2.05, 4.69) is 26.6 Å². The smallest absolute Gasteiger partial charge is 0.313 e. The number of halogens is 1. The van der Waals surface area contributed by atoms with E-state index in [4.69, 9.17) is 0 Å². The quantitative estimate of drug-likeness (QED) is 0.600. The molecule has 136 valence electrons. The fourth-order valence-corrected chi connectivity index (χ4v) is 3.23. The fraction of sp³-hybridized carbons (Fsp3) is 0.0909. The van der Waals surface area contributed by atoms with Crippen LogP contribution in [0.5, 0.6) is 0 Å². The first-order chi connectivity index (χ1) is 13.1. The van der Waals surface area contributed by atoms with Crippen molar-refractivity contribution in [3.63, 3.8) is 0 Å². The molecular weight excluding hydrogens is 404 g/mol. The monoisotopic (exact) mass is 422 g/mol. The Bertz CT molecular complexity index is 874. The zero-order valence-corrected chi connectivity index (χ0v) is 16.1. The van der Waals surface area contributed by atoms with Gasteiger partial charge in [0.25, 0.3) is 0 Å². The largest absolute Gasteiger partial charge is 0.347 e. The van der Waals surface area contributed by atoms with Gasteiger partial charge in [0.05, 0.1) is 0 Å². The molecule has 0 atom stereocenters. The van der Waals surface area contributed by atoms with E-state index in [1.54, 1.807) is 18.2 Å². The maximum absolute atomic E-state index is 12.3. The van der Waals surface area contributed by atoms with Gasteiger partial charge < -0.3 is 10.6 Å². The average molecular weight is 423 g/mol. The van der Waals surface area contributed by atoms with Crippen molar-refractivity contribution in [1.82, 2.24) is 5.32 Å². The van der Waals surface area contributed by atoms with Crippen LogP contribution < -0.4 is 10.6 Å². The van der Waals surface area contributed by atoms with Gasteiger partial charge in [-0.15, -0.1) is 0 Å². The van der Waals surface area contributed by atoms with Crippen LogP contribution in [0, 0.1) is 0 Å². The van der Waals surface area contributed by atoms with E-state index in [9.17, 15) is 9.59 Å². The predicted molar refractivity (Wildman–Crippen MR) is 111 cm³/mol. The summed E-state index contributed by atoms with van der Waals surface area (Å²) in [4.78, 5) is 24.4. The van der Waals surface area contributed by atoms with Crippen LogP contribution in [-0.2, 0) is 9.59 Å². The molecular formula is C22H19BrN2O2. The van der Waals surface area contributed by atoms with Crippen LogP contribution in [0.4, 0.5) is 5.69 Å². The fourth-order valence-electron chi connectivity index (χ4n) is 2.83. The van der Waals surface area contributed by atoms with Gasteiger partial charge in [0, 0.05) is 22.6 Å². The highest BCUT2D eigenvalue weighted by Crippen LogP contribution is 2.23. The molecule has 2 amide bonds. The van der Waals surface area contributed by atoms with Crippen molar-refractivity contribution in [3.05, 3.63) is 101 Å².